The zero-order valence-corrected chi connectivity index (χ0v) is 18.1. The van der Waals surface area contributed by atoms with Gasteiger partial charge < -0.3 is 15.1 Å². The number of carbonyl (C=O) groups is 2. The number of anilines is 1. The van der Waals surface area contributed by atoms with Crippen molar-refractivity contribution in [1.29, 1.82) is 0 Å². The van der Waals surface area contributed by atoms with Crippen molar-refractivity contribution in [2.45, 2.75) is 45.2 Å². The molecule has 2 saturated heterocycles. The number of nitrogens with zero attached hydrogens (tertiary/aromatic N) is 4. The van der Waals surface area contributed by atoms with Gasteiger partial charge in [0.1, 0.15) is 11.9 Å². The van der Waals surface area contributed by atoms with Crippen LogP contribution in [-0.2, 0) is 11.3 Å². The van der Waals surface area contributed by atoms with E-state index in [1.54, 1.807) is 18.0 Å². The van der Waals surface area contributed by atoms with Crippen LogP contribution in [0.15, 0.2) is 36.5 Å². The topological polar surface area (TPSA) is 109 Å². The molecule has 32 heavy (non-hydrogen) atoms. The van der Waals surface area contributed by atoms with Crippen LogP contribution < -0.4 is 10.2 Å². The van der Waals surface area contributed by atoms with Gasteiger partial charge in [0.2, 0.25) is 5.91 Å². The third-order valence-corrected chi connectivity index (χ3v) is 6.16. The van der Waals surface area contributed by atoms with Gasteiger partial charge in [-0.3, -0.25) is 19.7 Å². The molecule has 3 heterocycles. The zero-order valence-electron chi connectivity index (χ0n) is 18.1. The molecule has 0 bridgehead atoms. The lowest BCUT2D eigenvalue weighted by molar-refractivity contribution is -0.385. The van der Waals surface area contributed by atoms with Gasteiger partial charge in [-0.05, 0) is 62.4 Å². The minimum Gasteiger partial charge on any atom is -0.357 e. The fourth-order valence-electron chi connectivity index (χ4n) is 4.44. The Morgan fingerprint density at radius 2 is 1.94 bits per heavy atom. The number of nitro groups is 1. The number of nitrogens with one attached hydrogen (secondary N) is 1. The van der Waals surface area contributed by atoms with Crippen LogP contribution in [0.1, 0.15) is 47.2 Å². The predicted molar refractivity (Wildman–Crippen MR) is 119 cm³/mol. The summed E-state index contributed by atoms with van der Waals surface area (Å²) in [5.41, 5.74) is 1.73. The lowest BCUT2D eigenvalue weighted by Crippen LogP contribution is -2.45. The molecule has 4 rings (SSSR count). The van der Waals surface area contributed by atoms with Crippen molar-refractivity contribution in [3.8, 4) is 0 Å². The number of amides is 2. The van der Waals surface area contributed by atoms with Crippen LogP contribution in [-0.4, -0.2) is 52.3 Å². The van der Waals surface area contributed by atoms with Crippen molar-refractivity contribution >= 4 is 23.3 Å². The third-order valence-electron chi connectivity index (χ3n) is 6.16. The summed E-state index contributed by atoms with van der Waals surface area (Å²) in [4.78, 5) is 44.7. The molecule has 0 radical (unpaired) electrons. The Labute approximate surface area is 186 Å². The van der Waals surface area contributed by atoms with Crippen molar-refractivity contribution in [2.24, 2.45) is 0 Å². The van der Waals surface area contributed by atoms with E-state index in [-0.39, 0.29) is 17.5 Å². The minimum atomic E-state index is -0.544. The highest BCUT2D eigenvalue weighted by molar-refractivity contribution is 5.98. The fourth-order valence-corrected chi connectivity index (χ4v) is 4.44. The first kappa shape index (κ1) is 21.7. The molecule has 0 aliphatic carbocycles. The van der Waals surface area contributed by atoms with Gasteiger partial charge in [-0.15, -0.1) is 0 Å². The Kier molecular flexibility index (Phi) is 6.34. The van der Waals surface area contributed by atoms with E-state index >= 15 is 0 Å². The Morgan fingerprint density at radius 3 is 2.66 bits per heavy atom. The number of hydrogen-bond acceptors (Lipinski definition) is 6. The molecule has 9 heteroatoms. The van der Waals surface area contributed by atoms with Gasteiger partial charge in [-0.2, -0.15) is 0 Å². The van der Waals surface area contributed by atoms with Crippen LogP contribution >= 0.6 is 0 Å². The van der Waals surface area contributed by atoms with E-state index in [2.05, 4.69) is 15.2 Å². The average molecular weight is 438 g/mol. The predicted octanol–water partition coefficient (Wildman–Crippen LogP) is 2.82. The molecule has 1 aromatic heterocycles. The molecule has 9 nitrogen and oxygen atoms in total. The van der Waals surface area contributed by atoms with Crippen LogP contribution in [0.25, 0.3) is 0 Å². The maximum Gasteiger partial charge on any atom is 0.272 e. The quantitative estimate of drug-likeness (QED) is 0.550. The number of rotatable bonds is 6. The van der Waals surface area contributed by atoms with E-state index in [1.807, 2.05) is 12.1 Å². The third kappa shape index (κ3) is 4.56. The Morgan fingerprint density at radius 1 is 1.16 bits per heavy atom. The van der Waals surface area contributed by atoms with Crippen LogP contribution in [0.4, 0.5) is 11.5 Å². The fraction of sp³-hybridized carbons (Fsp3) is 0.435. The van der Waals surface area contributed by atoms with Gasteiger partial charge in [0, 0.05) is 49.6 Å². The van der Waals surface area contributed by atoms with Gasteiger partial charge in [-0.1, -0.05) is 0 Å². The highest BCUT2D eigenvalue weighted by Gasteiger charge is 2.34. The van der Waals surface area contributed by atoms with Crippen molar-refractivity contribution < 1.29 is 14.5 Å². The number of likely N-dealkylation sites (tertiary alicyclic amines) is 1. The molecule has 2 amide bonds. The highest BCUT2D eigenvalue weighted by Crippen LogP contribution is 2.24. The Hall–Kier alpha value is -3.49. The summed E-state index contributed by atoms with van der Waals surface area (Å²) in [5, 5.41) is 14.0. The van der Waals surface area contributed by atoms with Gasteiger partial charge >= 0.3 is 0 Å². The minimum absolute atomic E-state index is 0.0251. The van der Waals surface area contributed by atoms with E-state index in [1.165, 1.54) is 31.0 Å². The molecule has 1 atom stereocenters. The summed E-state index contributed by atoms with van der Waals surface area (Å²) in [5.74, 6) is 0.468. The lowest BCUT2D eigenvalue weighted by atomic mass is 10.1. The van der Waals surface area contributed by atoms with E-state index in [9.17, 15) is 19.7 Å². The van der Waals surface area contributed by atoms with E-state index < -0.39 is 11.0 Å². The molecule has 1 aromatic carbocycles. The molecule has 0 spiro atoms. The maximum atomic E-state index is 13.0. The largest absolute Gasteiger partial charge is 0.357 e. The molecular weight excluding hydrogens is 410 g/mol. The second-order valence-corrected chi connectivity index (χ2v) is 8.35. The number of nitro benzene ring substituents is 1. The van der Waals surface area contributed by atoms with Crippen LogP contribution in [0.3, 0.4) is 0 Å². The first-order valence-electron chi connectivity index (χ1n) is 11.0. The van der Waals surface area contributed by atoms with Gasteiger partial charge in [0.25, 0.3) is 11.6 Å². The van der Waals surface area contributed by atoms with Crippen LogP contribution in [0.5, 0.6) is 0 Å². The molecule has 168 valence electrons. The summed E-state index contributed by atoms with van der Waals surface area (Å²) >= 11 is 0. The molecule has 0 saturated carbocycles. The number of benzene rings is 1. The number of aryl methyl sites for hydroxylation is 1. The first-order valence-corrected chi connectivity index (χ1v) is 11.0. The van der Waals surface area contributed by atoms with E-state index in [0.29, 0.717) is 30.6 Å². The summed E-state index contributed by atoms with van der Waals surface area (Å²) in [6.45, 7) is 4.47. The van der Waals surface area contributed by atoms with E-state index in [0.717, 1.165) is 30.9 Å². The number of carbonyl (C=O) groups excluding carboxylic acids is 2. The van der Waals surface area contributed by atoms with Crippen molar-refractivity contribution in [3.05, 3.63) is 63.3 Å². The smallest absolute Gasteiger partial charge is 0.272 e. The monoisotopic (exact) mass is 437 g/mol. The molecule has 2 aromatic rings. The normalized spacial score (nSPS) is 18.1. The molecule has 2 aliphatic heterocycles. The average Bonchev–Trinajstić information content (AvgIpc) is 3.49. The summed E-state index contributed by atoms with van der Waals surface area (Å²) in [6.07, 6.45) is 5.44. The lowest BCUT2D eigenvalue weighted by Gasteiger charge is -2.24. The number of hydrogen-bond donors (Lipinski definition) is 1. The summed E-state index contributed by atoms with van der Waals surface area (Å²) < 4.78 is 0. The first-order chi connectivity index (χ1) is 15.4. The summed E-state index contributed by atoms with van der Waals surface area (Å²) in [7, 11) is 0. The van der Waals surface area contributed by atoms with Crippen LogP contribution in [0.2, 0.25) is 0 Å². The van der Waals surface area contributed by atoms with Crippen molar-refractivity contribution in [3.63, 3.8) is 0 Å². The van der Waals surface area contributed by atoms with Gasteiger partial charge in [0.15, 0.2) is 0 Å². The molecule has 1 unspecified atom stereocenters. The van der Waals surface area contributed by atoms with Crippen molar-refractivity contribution in [2.75, 3.05) is 24.5 Å². The van der Waals surface area contributed by atoms with Crippen molar-refractivity contribution in [1.82, 2.24) is 15.2 Å². The maximum absolute atomic E-state index is 13.0. The Balaban J connectivity index is 1.40. The standard InChI is InChI=1S/C23H27N5O4/c1-16-13-18(6-7-19(16)28(31)32)23(30)27-12-4-5-20(27)22(29)25-15-17-8-9-24-21(14-17)26-10-2-3-11-26/h6-9,13-14,20H,2-5,10-12,15H2,1H3,(H,25,29). The highest BCUT2D eigenvalue weighted by atomic mass is 16.6. The summed E-state index contributed by atoms with van der Waals surface area (Å²) in [6, 6.07) is 7.66. The zero-order chi connectivity index (χ0) is 22.7. The molecule has 2 fully saturated rings. The molecular formula is C23H27N5O4. The SMILES string of the molecule is Cc1cc(C(=O)N2CCCC2C(=O)NCc2ccnc(N3CCCC3)c2)ccc1[N+](=O)[O-]. The van der Waals surface area contributed by atoms with Crippen LogP contribution in [0, 0.1) is 17.0 Å². The van der Waals surface area contributed by atoms with E-state index in [4.69, 9.17) is 0 Å². The molecule has 1 N–H and O–H groups in total. The second-order valence-electron chi connectivity index (χ2n) is 8.35. The second kappa shape index (κ2) is 9.33. The number of aromatic nitrogens is 1. The molecule has 2 aliphatic rings. The van der Waals surface area contributed by atoms with Gasteiger partial charge in [0.05, 0.1) is 4.92 Å². The van der Waals surface area contributed by atoms with Gasteiger partial charge in [-0.25, -0.2) is 4.98 Å². The number of pyridine rings is 1. The Bertz CT molecular complexity index is 1030.